The molecule has 2 heteroatoms. The van der Waals surface area contributed by atoms with Crippen LogP contribution in [-0.4, -0.2) is 13.9 Å². The average molecular weight is 275 g/mol. The minimum atomic E-state index is -1.16. The van der Waals surface area contributed by atoms with Gasteiger partial charge in [-0.3, -0.25) is 0 Å². The highest BCUT2D eigenvalue weighted by atomic mass is 28.3. The van der Waals surface area contributed by atoms with Crippen LogP contribution in [0.5, 0.6) is 5.75 Å². The molecule has 3 rings (SSSR count). The van der Waals surface area contributed by atoms with Crippen molar-refractivity contribution in [3.63, 3.8) is 0 Å². The lowest BCUT2D eigenvalue weighted by molar-refractivity contribution is 0.479. The van der Waals surface area contributed by atoms with Gasteiger partial charge in [-0.1, -0.05) is 89.2 Å². The molecule has 0 amide bonds. The molecule has 1 radical (unpaired) electrons. The zero-order valence-corrected chi connectivity index (χ0v) is 12.0. The molecule has 0 saturated heterocycles. The molecular formula is C18H15OSi. The number of hydrogen-bond acceptors (Lipinski definition) is 1. The highest BCUT2D eigenvalue weighted by Gasteiger charge is 2.21. The lowest BCUT2D eigenvalue weighted by atomic mass is 10.3. The Bertz CT molecular complexity index is 641. The van der Waals surface area contributed by atoms with E-state index in [2.05, 4.69) is 48.5 Å². The van der Waals surface area contributed by atoms with Gasteiger partial charge in [0.25, 0.3) is 0 Å². The SMILES string of the molecule is Oc1ccccc1[Si](c1ccccc1)c1ccccc1. The highest BCUT2D eigenvalue weighted by molar-refractivity contribution is 6.96. The molecule has 1 nitrogen and oxygen atoms in total. The highest BCUT2D eigenvalue weighted by Crippen LogP contribution is 2.06. The standard InChI is InChI=1S/C18H15OSi/c19-17-13-7-8-14-18(17)20(15-9-3-1-4-10-15)16-11-5-2-6-12-16/h1-14,19H. The third kappa shape index (κ3) is 2.51. The number of rotatable bonds is 3. The summed E-state index contributed by atoms with van der Waals surface area (Å²) in [5, 5.41) is 13.8. The van der Waals surface area contributed by atoms with Crippen LogP contribution in [0.1, 0.15) is 0 Å². The van der Waals surface area contributed by atoms with Gasteiger partial charge in [0.05, 0.1) is 0 Å². The molecule has 0 spiro atoms. The van der Waals surface area contributed by atoms with Gasteiger partial charge in [-0.25, -0.2) is 0 Å². The predicted octanol–water partition coefficient (Wildman–Crippen LogP) is 1.91. The van der Waals surface area contributed by atoms with E-state index in [0.717, 1.165) is 5.19 Å². The molecule has 1 N–H and O–H groups in total. The number of benzene rings is 3. The third-order valence-electron chi connectivity index (χ3n) is 3.30. The summed E-state index contributed by atoms with van der Waals surface area (Å²) >= 11 is 0. The first-order valence-electron chi connectivity index (χ1n) is 6.62. The van der Waals surface area contributed by atoms with Gasteiger partial charge in [-0.2, -0.15) is 0 Å². The van der Waals surface area contributed by atoms with E-state index in [9.17, 15) is 5.11 Å². The van der Waals surface area contributed by atoms with Crippen molar-refractivity contribution in [1.29, 1.82) is 0 Å². The van der Waals surface area contributed by atoms with Gasteiger partial charge in [0, 0.05) is 0 Å². The van der Waals surface area contributed by atoms with E-state index < -0.39 is 8.80 Å². The van der Waals surface area contributed by atoms with Crippen LogP contribution in [-0.2, 0) is 0 Å². The van der Waals surface area contributed by atoms with E-state index >= 15 is 0 Å². The van der Waals surface area contributed by atoms with Crippen molar-refractivity contribution in [2.24, 2.45) is 0 Å². The summed E-state index contributed by atoms with van der Waals surface area (Å²) in [6.07, 6.45) is 0. The maximum Gasteiger partial charge on any atom is 0.159 e. The smallest absolute Gasteiger partial charge is 0.159 e. The van der Waals surface area contributed by atoms with Crippen molar-refractivity contribution < 1.29 is 5.11 Å². The first kappa shape index (κ1) is 12.7. The van der Waals surface area contributed by atoms with Crippen molar-refractivity contribution in [1.82, 2.24) is 0 Å². The first-order chi connectivity index (χ1) is 9.86. The predicted molar refractivity (Wildman–Crippen MR) is 85.6 cm³/mol. The Hall–Kier alpha value is -2.32. The van der Waals surface area contributed by atoms with E-state index in [1.54, 1.807) is 6.07 Å². The van der Waals surface area contributed by atoms with Crippen LogP contribution in [0.25, 0.3) is 0 Å². The van der Waals surface area contributed by atoms with E-state index in [1.807, 2.05) is 30.3 Å². The molecule has 3 aromatic rings. The van der Waals surface area contributed by atoms with Crippen LogP contribution in [0.3, 0.4) is 0 Å². The second kappa shape index (κ2) is 5.76. The first-order valence-corrected chi connectivity index (χ1v) is 8.12. The van der Waals surface area contributed by atoms with Crippen LogP contribution in [0.4, 0.5) is 0 Å². The van der Waals surface area contributed by atoms with Crippen molar-refractivity contribution in [2.45, 2.75) is 0 Å². The molecule has 0 aliphatic heterocycles. The molecule has 97 valence electrons. The normalized spacial score (nSPS) is 10.7. The topological polar surface area (TPSA) is 20.2 Å². The molecule has 0 unspecified atom stereocenters. The molecule has 0 atom stereocenters. The second-order valence-electron chi connectivity index (χ2n) is 4.62. The maximum absolute atomic E-state index is 10.2. The summed E-state index contributed by atoms with van der Waals surface area (Å²) in [4.78, 5) is 0. The van der Waals surface area contributed by atoms with Crippen LogP contribution < -0.4 is 15.6 Å². The fourth-order valence-corrected chi connectivity index (χ4v) is 4.98. The van der Waals surface area contributed by atoms with E-state index in [1.165, 1.54) is 10.4 Å². The molecule has 20 heavy (non-hydrogen) atoms. The molecular weight excluding hydrogens is 260 g/mol. The number of para-hydroxylation sites is 1. The zero-order valence-electron chi connectivity index (χ0n) is 11.0. The van der Waals surface area contributed by atoms with Gasteiger partial charge in [0.1, 0.15) is 5.75 Å². The van der Waals surface area contributed by atoms with Crippen molar-refractivity contribution in [3.8, 4) is 5.75 Å². The minimum Gasteiger partial charge on any atom is -0.508 e. The molecule has 0 fully saturated rings. The Morgan fingerprint density at radius 1 is 0.550 bits per heavy atom. The Balaban J connectivity index is 2.17. The average Bonchev–Trinajstić information content (AvgIpc) is 2.52. The van der Waals surface area contributed by atoms with E-state index in [4.69, 9.17) is 0 Å². The van der Waals surface area contributed by atoms with Crippen LogP contribution in [0.15, 0.2) is 84.9 Å². The third-order valence-corrected chi connectivity index (χ3v) is 6.08. The van der Waals surface area contributed by atoms with Crippen LogP contribution in [0, 0.1) is 0 Å². The van der Waals surface area contributed by atoms with Crippen molar-refractivity contribution in [2.75, 3.05) is 0 Å². The van der Waals surface area contributed by atoms with Gasteiger partial charge in [0.2, 0.25) is 0 Å². The Morgan fingerprint density at radius 2 is 1.00 bits per heavy atom. The molecule has 0 saturated carbocycles. The molecule has 0 aromatic heterocycles. The van der Waals surface area contributed by atoms with Gasteiger partial charge in [-0.15, -0.1) is 0 Å². The summed E-state index contributed by atoms with van der Waals surface area (Å²) in [6.45, 7) is 0. The lowest BCUT2D eigenvalue weighted by Crippen LogP contribution is -2.51. The zero-order chi connectivity index (χ0) is 13.8. The van der Waals surface area contributed by atoms with Gasteiger partial charge < -0.3 is 5.11 Å². The molecule has 0 bridgehead atoms. The summed E-state index contributed by atoms with van der Waals surface area (Å²) in [6, 6.07) is 28.5. The number of aromatic hydroxyl groups is 1. The maximum atomic E-state index is 10.2. The number of phenols is 1. The molecule has 0 heterocycles. The van der Waals surface area contributed by atoms with Gasteiger partial charge >= 0.3 is 0 Å². The molecule has 0 aliphatic rings. The summed E-state index contributed by atoms with van der Waals surface area (Å²) < 4.78 is 0. The summed E-state index contributed by atoms with van der Waals surface area (Å²) in [5.41, 5.74) is 0. The van der Waals surface area contributed by atoms with Crippen LogP contribution in [0.2, 0.25) is 0 Å². The van der Waals surface area contributed by atoms with E-state index in [0.29, 0.717) is 5.75 Å². The lowest BCUT2D eigenvalue weighted by Gasteiger charge is -2.17. The van der Waals surface area contributed by atoms with Gasteiger partial charge in [0.15, 0.2) is 8.80 Å². The summed E-state index contributed by atoms with van der Waals surface area (Å²) in [7, 11) is -1.16. The van der Waals surface area contributed by atoms with Gasteiger partial charge in [-0.05, 0) is 11.3 Å². The second-order valence-corrected chi connectivity index (χ2v) is 7.07. The Kier molecular flexibility index (Phi) is 3.66. The van der Waals surface area contributed by atoms with E-state index in [-0.39, 0.29) is 0 Å². The van der Waals surface area contributed by atoms with Crippen molar-refractivity contribution in [3.05, 3.63) is 84.9 Å². The quantitative estimate of drug-likeness (QED) is 0.572. The van der Waals surface area contributed by atoms with Crippen LogP contribution >= 0.6 is 0 Å². The fraction of sp³-hybridized carbons (Fsp3) is 0. The summed E-state index contributed by atoms with van der Waals surface area (Å²) in [5.74, 6) is 0.383. The monoisotopic (exact) mass is 275 g/mol. The minimum absolute atomic E-state index is 0.383. The Morgan fingerprint density at radius 3 is 1.50 bits per heavy atom. The number of phenolic OH excluding ortho intramolecular Hbond substituents is 1. The number of hydrogen-bond donors (Lipinski definition) is 1. The molecule has 3 aromatic carbocycles. The largest absolute Gasteiger partial charge is 0.508 e. The fourth-order valence-electron chi connectivity index (χ4n) is 2.37. The molecule has 0 aliphatic carbocycles. The Labute approximate surface area is 120 Å². The van der Waals surface area contributed by atoms with Crippen molar-refractivity contribution >= 4 is 24.4 Å².